The van der Waals surface area contributed by atoms with Crippen LogP contribution in [0.15, 0.2) is 24.3 Å². The molecule has 0 heterocycles. The summed E-state index contributed by atoms with van der Waals surface area (Å²) in [5, 5.41) is 2.71. The second-order valence-electron chi connectivity index (χ2n) is 4.06. The number of hydrogen-bond acceptors (Lipinski definition) is 2. The van der Waals surface area contributed by atoms with E-state index in [4.69, 9.17) is 0 Å². The smallest absolute Gasteiger partial charge is 0.232 e. The van der Waals surface area contributed by atoms with Crippen molar-refractivity contribution in [1.29, 1.82) is 0 Å². The van der Waals surface area contributed by atoms with E-state index >= 15 is 0 Å². The maximum Gasteiger partial charge on any atom is 0.232 e. The van der Waals surface area contributed by atoms with Crippen molar-refractivity contribution in [3.05, 3.63) is 35.6 Å². The van der Waals surface area contributed by atoms with Crippen LogP contribution in [0.2, 0.25) is 0 Å². The fraction of sp³-hybridized carbons (Fsp3) is 0.462. The Bertz CT molecular complexity index is 423. The molecule has 0 aliphatic heterocycles. The summed E-state index contributed by atoms with van der Waals surface area (Å²) >= 11 is 0. The van der Waals surface area contributed by atoms with Gasteiger partial charge in [-0.2, -0.15) is 0 Å². The van der Waals surface area contributed by atoms with Gasteiger partial charge in [0.1, 0.15) is 11.6 Å². The largest absolute Gasteiger partial charge is 0.355 e. The molecule has 5 heteroatoms. The van der Waals surface area contributed by atoms with Crippen LogP contribution in [-0.4, -0.2) is 22.4 Å². The summed E-state index contributed by atoms with van der Waals surface area (Å²) in [6.07, 6.45) is 1.93. The first-order chi connectivity index (χ1) is 8.61. The van der Waals surface area contributed by atoms with Crippen molar-refractivity contribution in [1.82, 2.24) is 5.32 Å². The summed E-state index contributed by atoms with van der Waals surface area (Å²) < 4.78 is 24.6. The first-order valence-electron chi connectivity index (χ1n) is 5.98. The van der Waals surface area contributed by atoms with Crippen LogP contribution in [-0.2, 0) is 21.3 Å². The SMILES string of the molecule is CCCCNC(=O)CS(=O)Cc1cccc(F)c1. The fourth-order valence-electron chi connectivity index (χ4n) is 1.47. The van der Waals surface area contributed by atoms with Crippen molar-refractivity contribution >= 4 is 16.7 Å². The summed E-state index contributed by atoms with van der Waals surface area (Å²) in [7, 11) is -1.29. The topological polar surface area (TPSA) is 46.2 Å². The number of benzene rings is 1. The fourth-order valence-corrected chi connectivity index (χ4v) is 2.51. The number of carbonyl (C=O) groups is 1. The molecule has 1 atom stereocenters. The van der Waals surface area contributed by atoms with Crippen molar-refractivity contribution in [2.75, 3.05) is 12.3 Å². The van der Waals surface area contributed by atoms with E-state index in [0.717, 1.165) is 12.8 Å². The van der Waals surface area contributed by atoms with Crippen LogP contribution < -0.4 is 5.32 Å². The van der Waals surface area contributed by atoms with Crippen LogP contribution in [0.25, 0.3) is 0 Å². The van der Waals surface area contributed by atoms with Crippen molar-refractivity contribution in [2.45, 2.75) is 25.5 Å². The van der Waals surface area contributed by atoms with Crippen molar-refractivity contribution in [3.8, 4) is 0 Å². The summed E-state index contributed by atoms with van der Waals surface area (Å²) in [4.78, 5) is 11.4. The third-order valence-corrected chi connectivity index (χ3v) is 3.60. The predicted molar refractivity (Wildman–Crippen MR) is 71.0 cm³/mol. The van der Waals surface area contributed by atoms with E-state index < -0.39 is 10.8 Å². The van der Waals surface area contributed by atoms with E-state index in [0.29, 0.717) is 12.1 Å². The third kappa shape index (κ3) is 5.91. The first kappa shape index (κ1) is 14.8. The third-order valence-electron chi connectivity index (χ3n) is 2.36. The number of halogens is 1. The number of unbranched alkanes of at least 4 members (excludes halogenated alkanes) is 1. The number of hydrogen-bond donors (Lipinski definition) is 1. The van der Waals surface area contributed by atoms with Gasteiger partial charge in [0.05, 0.1) is 0 Å². The lowest BCUT2D eigenvalue weighted by Gasteiger charge is -2.04. The van der Waals surface area contributed by atoms with Gasteiger partial charge in [-0.05, 0) is 24.1 Å². The zero-order valence-electron chi connectivity index (χ0n) is 10.4. The van der Waals surface area contributed by atoms with Gasteiger partial charge in [-0.25, -0.2) is 4.39 Å². The van der Waals surface area contributed by atoms with Gasteiger partial charge in [0.25, 0.3) is 0 Å². The Morgan fingerprint density at radius 3 is 2.89 bits per heavy atom. The molecule has 0 radical (unpaired) electrons. The van der Waals surface area contributed by atoms with Crippen LogP contribution in [0, 0.1) is 5.82 Å². The molecule has 0 aromatic heterocycles. The molecule has 3 nitrogen and oxygen atoms in total. The molecule has 1 aromatic rings. The number of rotatable bonds is 7. The Hall–Kier alpha value is -1.23. The molecule has 1 rings (SSSR count). The molecule has 100 valence electrons. The Morgan fingerprint density at radius 1 is 1.44 bits per heavy atom. The molecule has 18 heavy (non-hydrogen) atoms. The molecule has 0 aliphatic carbocycles. The minimum Gasteiger partial charge on any atom is -0.355 e. The van der Waals surface area contributed by atoms with Crippen LogP contribution >= 0.6 is 0 Å². The summed E-state index contributed by atoms with van der Waals surface area (Å²) in [5.41, 5.74) is 0.648. The zero-order chi connectivity index (χ0) is 13.4. The van der Waals surface area contributed by atoms with Gasteiger partial charge in [-0.15, -0.1) is 0 Å². The Morgan fingerprint density at radius 2 is 2.22 bits per heavy atom. The van der Waals surface area contributed by atoms with Gasteiger partial charge in [-0.3, -0.25) is 9.00 Å². The molecular weight excluding hydrogens is 253 g/mol. The average molecular weight is 271 g/mol. The maximum absolute atomic E-state index is 12.9. The van der Waals surface area contributed by atoms with Crippen LogP contribution in [0.5, 0.6) is 0 Å². The zero-order valence-corrected chi connectivity index (χ0v) is 11.3. The van der Waals surface area contributed by atoms with Gasteiger partial charge in [-0.1, -0.05) is 25.5 Å². The van der Waals surface area contributed by atoms with Crippen LogP contribution in [0.3, 0.4) is 0 Å². The molecular formula is C13H18FNO2S. The molecule has 0 fully saturated rings. The second-order valence-corrected chi connectivity index (χ2v) is 5.52. The molecule has 0 aliphatic rings. The second kappa shape index (κ2) is 7.97. The Balaban J connectivity index is 2.35. The maximum atomic E-state index is 12.9. The van der Waals surface area contributed by atoms with E-state index in [9.17, 15) is 13.4 Å². The molecule has 1 unspecified atom stereocenters. The van der Waals surface area contributed by atoms with Crippen LogP contribution in [0.4, 0.5) is 4.39 Å². The van der Waals surface area contributed by atoms with E-state index in [1.807, 2.05) is 6.92 Å². The molecule has 0 bridgehead atoms. The molecule has 1 amide bonds. The number of carbonyl (C=O) groups excluding carboxylic acids is 1. The van der Waals surface area contributed by atoms with E-state index in [1.54, 1.807) is 12.1 Å². The lowest BCUT2D eigenvalue weighted by atomic mass is 10.2. The van der Waals surface area contributed by atoms with Gasteiger partial charge in [0, 0.05) is 23.1 Å². The number of nitrogens with one attached hydrogen (secondary N) is 1. The van der Waals surface area contributed by atoms with Gasteiger partial charge in [0.2, 0.25) is 5.91 Å². The highest BCUT2D eigenvalue weighted by molar-refractivity contribution is 7.84. The Labute approximate surface area is 109 Å². The summed E-state index contributed by atoms with van der Waals surface area (Å²) in [5.74, 6) is -0.380. The molecule has 0 saturated heterocycles. The molecule has 0 spiro atoms. The highest BCUT2D eigenvalue weighted by Crippen LogP contribution is 2.06. The highest BCUT2D eigenvalue weighted by atomic mass is 32.2. The van der Waals surface area contributed by atoms with Gasteiger partial charge >= 0.3 is 0 Å². The summed E-state index contributed by atoms with van der Waals surface area (Å²) in [6, 6.07) is 5.95. The lowest BCUT2D eigenvalue weighted by molar-refractivity contribution is -0.118. The van der Waals surface area contributed by atoms with E-state index in [-0.39, 0.29) is 23.2 Å². The normalized spacial score (nSPS) is 12.1. The number of amides is 1. The lowest BCUT2D eigenvalue weighted by Crippen LogP contribution is -2.29. The van der Waals surface area contributed by atoms with Crippen molar-refractivity contribution in [3.63, 3.8) is 0 Å². The van der Waals surface area contributed by atoms with Crippen LogP contribution in [0.1, 0.15) is 25.3 Å². The summed E-state index contributed by atoms with van der Waals surface area (Å²) in [6.45, 7) is 2.65. The van der Waals surface area contributed by atoms with E-state index in [2.05, 4.69) is 5.32 Å². The molecule has 1 N–H and O–H groups in total. The predicted octanol–water partition coefficient (Wildman–Crippen LogP) is 1.99. The monoisotopic (exact) mass is 271 g/mol. The standard InChI is InChI=1S/C13H18FNO2S/c1-2-3-7-15-13(16)10-18(17)9-11-5-4-6-12(14)8-11/h4-6,8H,2-3,7,9-10H2,1H3,(H,15,16). The van der Waals surface area contributed by atoms with Crippen molar-refractivity contribution in [2.24, 2.45) is 0 Å². The van der Waals surface area contributed by atoms with Crippen molar-refractivity contribution < 1.29 is 13.4 Å². The van der Waals surface area contributed by atoms with Gasteiger partial charge < -0.3 is 5.32 Å². The Kier molecular flexibility index (Phi) is 6.57. The minimum absolute atomic E-state index is 0.0276. The first-order valence-corrected chi connectivity index (χ1v) is 7.46. The quantitative estimate of drug-likeness (QED) is 0.771. The van der Waals surface area contributed by atoms with Gasteiger partial charge in [0.15, 0.2) is 0 Å². The highest BCUT2D eigenvalue weighted by Gasteiger charge is 2.08. The van der Waals surface area contributed by atoms with E-state index in [1.165, 1.54) is 12.1 Å². The molecule has 1 aromatic carbocycles. The average Bonchev–Trinajstić information content (AvgIpc) is 2.29. The minimum atomic E-state index is -1.29. The molecule has 0 saturated carbocycles.